The summed E-state index contributed by atoms with van der Waals surface area (Å²) in [4.78, 5) is 60.2. The summed E-state index contributed by atoms with van der Waals surface area (Å²) in [6.45, 7) is 0.0573. The summed E-state index contributed by atoms with van der Waals surface area (Å²) in [6.07, 6.45) is 1.50. The van der Waals surface area contributed by atoms with Crippen LogP contribution in [0.1, 0.15) is 43.2 Å². The van der Waals surface area contributed by atoms with Gasteiger partial charge in [0, 0.05) is 12.8 Å². The van der Waals surface area contributed by atoms with Crippen LogP contribution in [0, 0.1) is 0 Å². The molecule has 0 saturated heterocycles. The van der Waals surface area contributed by atoms with Crippen LogP contribution in [0.15, 0.2) is 128 Å². The van der Waals surface area contributed by atoms with Crippen molar-refractivity contribution in [2.75, 3.05) is 0 Å². The van der Waals surface area contributed by atoms with Gasteiger partial charge in [0.1, 0.15) is 31.0 Å². The molecule has 10 nitrogen and oxygen atoms in total. The number of ether oxygens (including phenoxy) is 2. The molecule has 1 heterocycles. The van der Waals surface area contributed by atoms with Crippen molar-refractivity contribution >= 4 is 23.8 Å². The smallest absolute Gasteiger partial charge is 0.329 e. The Kier molecular flexibility index (Phi) is 11.2. The number of H-pyrrole nitrogens is 1. The molecule has 47 heavy (non-hydrogen) atoms. The lowest BCUT2D eigenvalue weighted by Crippen LogP contribution is -2.45. The molecular formula is C37H34N4O6. The van der Waals surface area contributed by atoms with E-state index in [1.807, 2.05) is 121 Å². The number of hydrogen-bond donors (Lipinski definition) is 3. The molecule has 5 aromatic rings. The fourth-order valence-corrected chi connectivity index (χ4v) is 4.84. The third-order valence-electron chi connectivity index (χ3n) is 7.27. The van der Waals surface area contributed by atoms with E-state index in [9.17, 15) is 19.2 Å². The Morgan fingerprint density at radius 2 is 0.936 bits per heavy atom. The van der Waals surface area contributed by atoms with Crippen molar-refractivity contribution in [1.82, 2.24) is 20.6 Å². The minimum absolute atomic E-state index is 0.0278. The molecule has 10 heteroatoms. The molecule has 2 atom stereocenters. The molecule has 0 aliphatic carbocycles. The third kappa shape index (κ3) is 9.48. The molecular weight excluding hydrogens is 596 g/mol. The minimum Gasteiger partial charge on any atom is -0.459 e. The van der Waals surface area contributed by atoms with Gasteiger partial charge in [-0.25, -0.2) is 14.6 Å². The molecule has 4 aromatic carbocycles. The van der Waals surface area contributed by atoms with Crippen LogP contribution in [-0.2, 0) is 45.1 Å². The average Bonchev–Trinajstić information content (AvgIpc) is 3.61. The predicted octanol–water partition coefficient (Wildman–Crippen LogP) is 4.58. The first kappa shape index (κ1) is 32.4. The van der Waals surface area contributed by atoms with E-state index in [4.69, 9.17) is 9.47 Å². The van der Waals surface area contributed by atoms with E-state index in [2.05, 4.69) is 20.6 Å². The quantitative estimate of drug-likeness (QED) is 0.153. The summed E-state index contributed by atoms with van der Waals surface area (Å²) >= 11 is 0. The van der Waals surface area contributed by atoms with E-state index >= 15 is 0 Å². The molecule has 238 valence electrons. The van der Waals surface area contributed by atoms with Crippen molar-refractivity contribution in [3.05, 3.63) is 161 Å². The van der Waals surface area contributed by atoms with Crippen molar-refractivity contribution in [3.8, 4) is 0 Å². The summed E-state index contributed by atoms with van der Waals surface area (Å²) in [7, 11) is 0. The number of aromatic amines is 1. The van der Waals surface area contributed by atoms with Gasteiger partial charge in [-0.2, -0.15) is 0 Å². The number of esters is 2. The maximum Gasteiger partial charge on any atom is 0.329 e. The van der Waals surface area contributed by atoms with Gasteiger partial charge in [0.05, 0.1) is 6.33 Å². The van der Waals surface area contributed by atoms with Crippen molar-refractivity contribution < 1.29 is 28.7 Å². The summed E-state index contributed by atoms with van der Waals surface area (Å²) in [5.74, 6) is -2.78. The van der Waals surface area contributed by atoms with Gasteiger partial charge in [-0.15, -0.1) is 0 Å². The van der Waals surface area contributed by atoms with Gasteiger partial charge in [-0.1, -0.05) is 121 Å². The predicted molar refractivity (Wildman–Crippen MR) is 174 cm³/mol. The highest BCUT2D eigenvalue weighted by Gasteiger charge is 2.30. The maximum atomic E-state index is 13.5. The van der Waals surface area contributed by atoms with Crippen molar-refractivity contribution in [2.45, 2.75) is 38.1 Å². The van der Waals surface area contributed by atoms with Crippen molar-refractivity contribution in [3.63, 3.8) is 0 Å². The van der Waals surface area contributed by atoms with E-state index in [0.29, 0.717) is 0 Å². The number of carbonyl (C=O) groups is 4. The highest BCUT2D eigenvalue weighted by molar-refractivity contribution is 6.06. The summed E-state index contributed by atoms with van der Waals surface area (Å²) in [6, 6.07) is 34.6. The van der Waals surface area contributed by atoms with Crippen LogP contribution >= 0.6 is 0 Å². The molecule has 0 radical (unpaired) electrons. The fraction of sp³-hybridized carbons (Fsp3) is 0.162. The van der Waals surface area contributed by atoms with Gasteiger partial charge >= 0.3 is 11.9 Å². The Balaban J connectivity index is 1.29. The van der Waals surface area contributed by atoms with E-state index in [0.717, 1.165) is 22.3 Å². The second kappa shape index (κ2) is 16.3. The SMILES string of the molecule is O=C(N[C@@H](Cc1ccccc1)C(=O)OCc1ccccc1)c1nc[nH]c1C(=O)N[C@@H](Cc1ccccc1)C(=O)OCc1ccccc1. The Bertz CT molecular complexity index is 1630. The van der Waals surface area contributed by atoms with Crippen molar-refractivity contribution in [1.29, 1.82) is 0 Å². The van der Waals surface area contributed by atoms with Gasteiger partial charge in [0.2, 0.25) is 0 Å². The van der Waals surface area contributed by atoms with Gasteiger partial charge in [-0.3, -0.25) is 9.59 Å². The van der Waals surface area contributed by atoms with Gasteiger partial charge in [0.25, 0.3) is 11.8 Å². The number of carbonyl (C=O) groups excluding carboxylic acids is 4. The van der Waals surface area contributed by atoms with E-state index in [1.165, 1.54) is 6.33 Å². The van der Waals surface area contributed by atoms with Crippen LogP contribution in [-0.4, -0.2) is 45.8 Å². The molecule has 0 saturated carbocycles. The standard InChI is InChI=1S/C37H34N4O6/c42-34(40-30(21-26-13-5-1-6-14-26)36(44)46-23-28-17-9-3-10-18-28)32-33(39-25-38-32)35(43)41-31(22-27-15-7-2-8-16-27)37(45)47-24-29-19-11-4-12-20-29/h1-20,25,30-31H,21-24H2,(H,38,39)(H,40,42)(H,41,43)/t30-,31-/m0/s1. The number of amides is 2. The zero-order chi connectivity index (χ0) is 32.8. The minimum atomic E-state index is -1.07. The molecule has 0 bridgehead atoms. The van der Waals surface area contributed by atoms with E-state index in [1.54, 1.807) is 0 Å². The molecule has 3 N–H and O–H groups in total. The zero-order valence-corrected chi connectivity index (χ0v) is 25.5. The Morgan fingerprint density at radius 3 is 1.36 bits per heavy atom. The molecule has 0 unspecified atom stereocenters. The fourth-order valence-electron chi connectivity index (χ4n) is 4.84. The molecule has 0 spiro atoms. The van der Waals surface area contributed by atoms with Crippen LogP contribution in [0.5, 0.6) is 0 Å². The Morgan fingerprint density at radius 1 is 0.553 bits per heavy atom. The maximum absolute atomic E-state index is 13.5. The number of nitrogens with one attached hydrogen (secondary N) is 3. The summed E-state index contributed by atoms with van der Waals surface area (Å²) in [5.41, 5.74) is 2.77. The normalized spacial score (nSPS) is 11.9. The first-order valence-electron chi connectivity index (χ1n) is 15.1. The first-order valence-corrected chi connectivity index (χ1v) is 15.1. The van der Waals surface area contributed by atoms with Crippen LogP contribution in [0.4, 0.5) is 0 Å². The second-order valence-electron chi connectivity index (χ2n) is 10.7. The van der Waals surface area contributed by atoms with E-state index in [-0.39, 0.29) is 37.4 Å². The van der Waals surface area contributed by atoms with Gasteiger partial charge in [0.15, 0.2) is 5.69 Å². The van der Waals surface area contributed by atoms with Crippen LogP contribution in [0.25, 0.3) is 0 Å². The summed E-state index contributed by atoms with van der Waals surface area (Å²) in [5, 5.41) is 5.38. The second-order valence-corrected chi connectivity index (χ2v) is 10.7. The summed E-state index contributed by atoms with van der Waals surface area (Å²) < 4.78 is 11.1. The molecule has 0 aliphatic heterocycles. The highest BCUT2D eigenvalue weighted by Crippen LogP contribution is 2.12. The monoisotopic (exact) mass is 630 g/mol. The number of benzene rings is 4. The molecule has 0 aliphatic rings. The van der Waals surface area contributed by atoms with Crippen LogP contribution in [0.2, 0.25) is 0 Å². The first-order chi connectivity index (χ1) is 23.0. The molecule has 2 amide bonds. The van der Waals surface area contributed by atoms with Crippen molar-refractivity contribution in [2.24, 2.45) is 0 Å². The van der Waals surface area contributed by atoms with Crippen LogP contribution in [0.3, 0.4) is 0 Å². The molecule has 1 aromatic heterocycles. The Labute approximate surface area is 272 Å². The lowest BCUT2D eigenvalue weighted by molar-refractivity contribution is -0.148. The lowest BCUT2D eigenvalue weighted by Gasteiger charge is -2.19. The number of hydrogen-bond acceptors (Lipinski definition) is 7. The molecule has 5 rings (SSSR count). The number of imidazole rings is 1. The lowest BCUT2D eigenvalue weighted by atomic mass is 10.1. The zero-order valence-electron chi connectivity index (χ0n) is 25.5. The van der Waals surface area contributed by atoms with E-state index < -0.39 is 35.8 Å². The topological polar surface area (TPSA) is 139 Å². The average molecular weight is 631 g/mol. The van der Waals surface area contributed by atoms with Gasteiger partial charge in [-0.05, 0) is 22.3 Å². The largest absolute Gasteiger partial charge is 0.459 e. The third-order valence-corrected chi connectivity index (χ3v) is 7.27. The van der Waals surface area contributed by atoms with Crippen LogP contribution < -0.4 is 10.6 Å². The number of rotatable bonds is 14. The number of nitrogens with zero attached hydrogens (tertiary/aromatic N) is 1. The molecule has 0 fully saturated rings. The Hall–Kier alpha value is -6.03. The van der Waals surface area contributed by atoms with Gasteiger partial charge < -0.3 is 25.1 Å². The number of aromatic nitrogens is 2. The highest BCUT2D eigenvalue weighted by atomic mass is 16.5.